The molecule has 1 aromatic rings. The third-order valence-corrected chi connectivity index (χ3v) is 3.95. The molecule has 0 saturated carbocycles. The molecule has 128 valence electrons. The molecule has 8 heteroatoms. The number of hydrogen-bond donors (Lipinski definition) is 1. The summed E-state index contributed by atoms with van der Waals surface area (Å²) in [5, 5.41) is 17.2. The van der Waals surface area contributed by atoms with Gasteiger partial charge < -0.3 is 5.32 Å². The number of benzene rings is 1. The molecule has 0 bridgehead atoms. The lowest BCUT2D eigenvalue weighted by Gasteiger charge is -2.32. The van der Waals surface area contributed by atoms with Gasteiger partial charge in [0.1, 0.15) is 5.54 Å². The number of rotatable bonds is 3. The number of nitriles is 1. The Labute approximate surface area is 137 Å². The minimum absolute atomic E-state index is 0.00634. The molecule has 0 aliphatic carbocycles. The summed E-state index contributed by atoms with van der Waals surface area (Å²) >= 11 is 0. The van der Waals surface area contributed by atoms with Crippen molar-refractivity contribution in [3.05, 3.63) is 29.3 Å². The Morgan fingerprint density at radius 1 is 1.50 bits per heavy atom. The van der Waals surface area contributed by atoms with Gasteiger partial charge in [-0.25, -0.2) is 0 Å². The van der Waals surface area contributed by atoms with E-state index in [-0.39, 0.29) is 5.69 Å². The quantitative estimate of drug-likeness (QED) is 0.919. The zero-order chi connectivity index (χ0) is 18.1. The molecule has 1 aliphatic heterocycles. The first-order chi connectivity index (χ1) is 11.1. The monoisotopic (exact) mass is 338 g/mol. The first-order valence-corrected chi connectivity index (χ1v) is 7.36. The molecule has 0 spiro atoms. The fourth-order valence-corrected chi connectivity index (χ4v) is 2.78. The SMILES string of the molecule is CCN1N=C(C)CC1(C)C(=O)Nc1ccc(C#N)c(C(F)(F)F)c1. The summed E-state index contributed by atoms with van der Waals surface area (Å²) in [5.41, 5.74) is -1.73. The summed E-state index contributed by atoms with van der Waals surface area (Å²) in [6.07, 6.45) is -4.27. The summed E-state index contributed by atoms with van der Waals surface area (Å²) < 4.78 is 39.0. The molecule has 24 heavy (non-hydrogen) atoms. The smallest absolute Gasteiger partial charge is 0.324 e. The first-order valence-electron chi connectivity index (χ1n) is 7.36. The van der Waals surface area contributed by atoms with Crippen molar-refractivity contribution in [3.8, 4) is 6.07 Å². The van der Waals surface area contributed by atoms with Crippen LogP contribution >= 0.6 is 0 Å². The highest BCUT2D eigenvalue weighted by Gasteiger charge is 2.43. The highest BCUT2D eigenvalue weighted by atomic mass is 19.4. The number of likely N-dealkylation sites (N-methyl/N-ethyl adjacent to an activating group) is 1. The van der Waals surface area contributed by atoms with Crippen molar-refractivity contribution in [2.45, 2.75) is 38.9 Å². The number of nitrogens with one attached hydrogen (secondary N) is 1. The van der Waals surface area contributed by atoms with Gasteiger partial charge in [-0.15, -0.1) is 0 Å². The van der Waals surface area contributed by atoms with Crippen LogP contribution in [0.25, 0.3) is 0 Å². The average molecular weight is 338 g/mol. The van der Waals surface area contributed by atoms with Crippen LogP contribution in [0.15, 0.2) is 23.3 Å². The fourth-order valence-electron chi connectivity index (χ4n) is 2.78. The molecule has 0 saturated heterocycles. The minimum atomic E-state index is -4.67. The Morgan fingerprint density at radius 3 is 2.71 bits per heavy atom. The molecule has 0 radical (unpaired) electrons. The topological polar surface area (TPSA) is 68.5 Å². The van der Waals surface area contributed by atoms with Crippen LogP contribution in [0.5, 0.6) is 0 Å². The molecule has 1 aromatic carbocycles. The van der Waals surface area contributed by atoms with Crippen LogP contribution in [0.1, 0.15) is 38.3 Å². The number of anilines is 1. The van der Waals surface area contributed by atoms with Crippen LogP contribution in [0.3, 0.4) is 0 Å². The standard InChI is InChI=1S/C16H17F3N4O/c1-4-23-15(3,8-10(2)22-23)14(24)21-12-6-5-11(9-20)13(7-12)16(17,18)19/h5-7H,4,8H2,1-3H3,(H,21,24). The third kappa shape index (κ3) is 3.20. The molecule has 1 N–H and O–H groups in total. The van der Waals surface area contributed by atoms with E-state index in [2.05, 4.69) is 10.4 Å². The molecule has 2 rings (SSSR count). The van der Waals surface area contributed by atoms with E-state index in [4.69, 9.17) is 5.26 Å². The fraction of sp³-hybridized carbons (Fsp3) is 0.438. The van der Waals surface area contributed by atoms with E-state index in [0.717, 1.165) is 17.8 Å². The van der Waals surface area contributed by atoms with Crippen LogP contribution < -0.4 is 5.32 Å². The Balaban J connectivity index is 2.29. The maximum atomic E-state index is 13.0. The van der Waals surface area contributed by atoms with E-state index in [1.165, 1.54) is 12.1 Å². The Kier molecular flexibility index (Phi) is 4.56. The molecule has 1 unspecified atom stereocenters. The van der Waals surface area contributed by atoms with Gasteiger partial charge in [-0.1, -0.05) is 0 Å². The summed E-state index contributed by atoms with van der Waals surface area (Å²) in [6.45, 7) is 5.84. The zero-order valence-corrected chi connectivity index (χ0v) is 13.5. The average Bonchev–Trinajstić information content (AvgIpc) is 2.81. The van der Waals surface area contributed by atoms with Gasteiger partial charge >= 0.3 is 6.18 Å². The minimum Gasteiger partial charge on any atom is -0.324 e. The number of halogens is 3. The highest BCUT2D eigenvalue weighted by Crippen LogP contribution is 2.34. The van der Waals surface area contributed by atoms with Crippen molar-refractivity contribution in [1.82, 2.24) is 5.01 Å². The number of hydrogen-bond acceptors (Lipinski definition) is 4. The summed E-state index contributed by atoms with van der Waals surface area (Å²) in [7, 11) is 0. The Bertz CT molecular complexity index is 736. The molecular formula is C16H17F3N4O. The van der Waals surface area contributed by atoms with Gasteiger partial charge in [0.25, 0.3) is 5.91 Å². The zero-order valence-electron chi connectivity index (χ0n) is 13.5. The van der Waals surface area contributed by atoms with Crippen molar-refractivity contribution in [3.63, 3.8) is 0 Å². The van der Waals surface area contributed by atoms with Crippen LogP contribution in [0.2, 0.25) is 0 Å². The van der Waals surface area contributed by atoms with Crippen LogP contribution in [0, 0.1) is 11.3 Å². The Hall–Kier alpha value is -2.56. The molecule has 0 aromatic heterocycles. The van der Waals surface area contributed by atoms with E-state index >= 15 is 0 Å². The lowest BCUT2D eigenvalue weighted by molar-refractivity contribution is -0.137. The maximum Gasteiger partial charge on any atom is 0.417 e. The number of nitrogens with zero attached hydrogens (tertiary/aromatic N) is 3. The molecule has 0 fully saturated rings. The van der Waals surface area contributed by atoms with Gasteiger partial charge in [0.2, 0.25) is 0 Å². The second-order valence-electron chi connectivity index (χ2n) is 5.83. The number of carbonyl (C=O) groups is 1. The normalized spacial score (nSPS) is 20.5. The summed E-state index contributed by atoms with van der Waals surface area (Å²) in [5.74, 6) is -0.442. The number of carbonyl (C=O) groups excluding carboxylic acids is 1. The van der Waals surface area contributed by atoms with Gasteiger partial charge in [0.05, 0.1) is 17.2 Å². The van der Waals surface area contributed by atoms with Crippen LogP contribution in [-0.4, -0.2) is 28.7 Å². The van der Waals surface area contributed by atoms with E-state index in [1.807, 2.05) is 6.92 Å². The van der Waals surface area contributed by atoms with E-state index in [0.29, 0.717) is 13.0 Å². The predicted molar refractivity (Wildman–Crippen MR) is 83.3 cm³/mol. The number of hydrazone groups is 1. The van der Waals surface area contributed by atoms with Gasteiger partial charge in [0, 0.05) is 24.4 Å². The van der Waals surface area contributed by atoms with Gasteiger partial charge in [-0.2, -0.15) is 23.5 Å². The highest BCUT2D eigenvalue weighted by molar-refractivity contribution is 6.02. The predicted octanol–water partition coefficient (Wildman–Crippen LogP) is 3.38. The van der Waals surface area contributed by atoms with E-state index < -0.39 is 28.7 Å². The first kappa shape index (κ1) is 17.8. The Morgan fingerprint density at radius 2 is 2.17 bits per heavy atom. The van der Waals surface area contributed by atoms with Gasteiger partial charge in [-0.05, 0) is 39.0 Å². The second-order valence-corrected chi connectivity index (χ2v) is 5.83. The molecule has 1 amide bonds. The largest absolute Gasteiger partial charge is 0.417 e. The molecule has 1 aliphatic rings. The van der Waals surface area contributed by atoms with Crippen molar-refractivity contribution >= 4 is 17.3 Å². The lowest BCUT2D eigenvalue weighted by atomic mass is 9.94. The van der Waals surface area contributed by atoms with Gasteiger partial charge in [0.15, 0.2) is 0 Å². The summed E-state index contributed by atoms with van der Waals surface area (Å²) in [6, 6.07) is 4.62. The van der Waals surface area contributed by atoms with Crippen LogP contribution in [-0.2, 0) is 11.0 Å². The molecule has 5 nitrogen and oxygen atoms in total. The molecular weight excluding hydrogens is 321 g/mol. The maximum absolute atomic E-state index is 13.0. The number of amides is 1. The second kappa shape index (κ2) is 6.15. The third-order valence-electron chi connectivity index (χ3n) is 3.95. The lowest BCUT2D eigenvalue weighted by Crippen LogP contribution is -2.50. The summed E-state index contributed by atoms with van der Waals surface area (Å²) in [4.78, 5) is 12.6. The van der Waals surface area contributed by atoms with E-state index in [1.54, 1.807) is 18.9 Å². The van der Waals surface area contributed by atoms with Crippen LogP contribution in [0.4, 0.5) is 18.9 Å². The van der Waals surface area contributed by atoms with Crippen molar-refractivity contribution in [2.75, 3.05) is 11.9 Å². The molecule has 1 atom stereocenters. The van der Waals surface area contributed by atoms with Crippen molar-refractivity contribution in [1.29, 1.82) is 5.26 Å². The van der Waals surface area contributed by atoms with Crippen molar-refractivity contribution < 1.29 is 18.0 Å². The molecule has 1 heterocycles. The van der Waals surface area contributed by atoms with Gasteiger partial charge in [-0.3, -0.25) is 9.80 Å². The van der Waals surface area contributed by atoms with E-state index in [9.17, 15) is 18.0 Å². The number of alkyl halides is 3. The van der Waals surface area contributed by atoms with Crippen molar-refractivity contribution in [2.24, 2.45) is 5.10 Å².